The van der Waals surface area contributed by atoms with Crippen molar-refractivity contribution in [1.29, 1.82) is 0 Å². The second kappa shape index (κ2) is 6.42. The van der Waals surface area contributed by atoms with Crippen LogP contribution in [0.5, 0.6) is 0 Å². The number of halogens is 1. The summed E-state index contributed by atoms with van der Waals surface area (Å²) in [5.41, 5.74) is 1.19. The molecule has 0 fully saturated rings. The molecule has 0 aliphatic carbocycles. The number of aromatic nitrogens is 1. The molecule has 2 rings (SSSR count). The van der Waals surface area contributed by atoms with E-state index in [-0.39, 0.29) is 6.54 Å². The van der Waals surface area contributed by atoms with E-state index in [9.17, 15) is 14.0 Å². The Balaban J connectivity index is 1.86. The molecule has 0 saturated heterocycles. The number of nitrogens with one attached hydrogen (secondary N) is 2. The van der Waals surface area contributed by atoms with E-state index < -0.39 is 17.6 Å². The van der Waals surface area contributed by atoms with Gasteiger partial charge in [0, 0.05) is 24.6 Å². The second-order valence-electron chi connectivity index (χ2n) is 4.00. The normalized spacial score (nSPS) is 9.85. The van der Waals surface area contributed by atoms with Gasteiger partial charge in [0.1, 0.15) is 5.82 Å². The summed E-state index contributed by atoms with van der Waals surface area (Å²) in [5.74, 6) is -1.97. The van der Waals surface area contributed by atoms with E-state index in [0.717, 1.165) is 5.56 Å². The quantitative estimate of drug-likeness (QED) is 0.832. The number of amides is 2. The van der Waals surface area contributed by atoms with Gasteiger partial charge in [-0.25, -0.2) is 4.39 Å². The second-order valence-corrected chi connectivity index (χ2v) is 4.00. The third-order valence-corrected chi connectivity index (χ3v) is 2.51. The zero-order valence-corrected chi connectivity index (χ0v) is 10.5. The highest BCUT2D eigenvalue weighted by Gasteiger charge is 2.13. The number of benzene rings is 1. The molecular formula is C14H12FN3O2. The van der Waals surface area contributed by atoms with Crippen molar-refractivity contribution in [2.45, 2.75) is 6.54 Å². The Morgan fingerprint density at radius 1 is 1.00 bits per heavy atom. The predicted octanol–water partition coefficient (Wildman–Crippen LogP) is 1.48. The van der Waals surface area contributed by atoms with Crippen molar-refractivity contribution < 1.29 is 14.0 Å². The molecule has 0 spiro atoms. The van der Waals surface area contributed by atoms with Gasteiger partial charge in [-0.1, -0.05) is 0 Å². The summed E-state index contributed by atoms with van der Waals surface area (Å²) in [5, 5.41) is 4.85. The molecule has 1 aromatic carbocycles. The maximum Gasteiger partial charge on any atom is 0.313 e. The van der Waals surface area contributed by atoms with E-state index in [2.05, 4.69) is 15.6 Å². The molecule has 0 aliphatic heterocycles. The standard InChI is InChI=1S/C14H12FN3O2/c15-11-1-3-12(4-2-11)18-14(20)13(19)17-9-10-5-7-16-8-6-10/h1-8H,9H2,(H,17,19)(H,18,20). The van der Waals surface area contributed by atoms with Crippen LogP contribution in [-0.2, 0) is 16.1 Å². The molecule has 5 nitrogen and oxygen atoms in total. The van der Waals surface area contributed by atoms with Gasteiger partial charge in [0.2, 0.25) is 0 Å². The highest BCUT2D eigenvalue weighted by Crippen LogP contribution is 2.07. The van der Waals surface area contributed by atoms with Gasteiger partial charge in [-0.2, -0.15) is 0 Å². The van der Waals surface area contributed by atoms with Crippen LogP contribution >= 0.6 is 0 Å². The minimum absolute atomic E-state index is 0.234. The molecule has 0 radical (unpaired) electrons. The summed E-state index contributed by atoms with van der Waals surface area (Å²) in [4.78, 5) is 27.0. The summed E-state index contributed by atoms with van der Waals surface area (Å²) < 4.78 is 12.7. The molecule has 0 atom stereocenters. The lowest BCUT2D eigenvalue weighted by Gasteiger charge is -2.06. The lowest BCUT2D eigenvalue weighted by molar-refractivity contribution is -0.136. The molecule has 1 heterocycles. The summed E-state index contributed by atoms with van der Waals surface area (Å²) in [6.07, 6.45) is 3.19. The van der Waals surface area contributed by atoms with Gasteiger partial charge in [0.15, 0.2) is 0 Å². The largest absolute Gasteiger partial charge is 0.344 e. The lowest BCUT2D eigenvalue weighted by Crippen LogP contribution is -2.34. The fraction of sp³-hybridized carbons (Fsp3) is 0.0714. The van der Waals surface area contributed by atoms with Crippen LogP contribution in [0.2, 0.25) is 0 Å². The van der Waals surface area contributed by atoms with Gasteiger partial charge in [-0.15, -0.1) is 0 Å². The minimum Gasteiger partial charge on any atom is -0.344 e. The van der Waals surface area contributed by atoms with Crippen LogP contribution in [0.4, 0.5) is 10.1 Å². The third kappa shape index (κ3) is 3.88. The van der Waals surface area contributed by atoms with E-state index in [4.69, 9.17) is 0 Å². The summed E-state index contributed by atoms with van der Waals surface area (Å²) in [6, 6.07) is 8.62. The van der Waals surface area contributed by atoms with Crippen molar-refractivity contribution in [2.75, 3.05) is 5.32 Å². The Morgan fingerprint density at radius 2 is 1.65 bits per heavy atom. The van der Waals surface area contributed by atoms with E-state index in [1.54, 1.807) is 24.5 Å². The zero-order chi connectivity index (χ0) is 14.4. The first-order valence-corrected chi connectivity index (χ1v) is 5.89. The van der Waals surface area contributed by atoms with Crippen LogP contribution < -0.4 is 10.6 Å². The number of nitrogens with zero attached hydrogens (tertiary/aromatic N) is 1. The van der Waals surface area contributed by atoms with Crippen molar-refractivity contribution in [2.24, 2.45) is 0 Å². The lowest BCUT2D eigenvalue weighted by atomic mass is 10.2. The molecule has 1 aromatic heterocycles. The Morgan fingerprint density at radius 3 is 2.30 bits per heavy atom. The molecule has 6 heteroatoms. The van der Waals surface area contributed by atoms with Crippen molar-refractivity contribution in [1.82, 2.24) is 10.3 Å². The van der Waals surface area contributed by atoms with Crippen molar-refractivity contribution in [3.05, 3.63) is 60.2 Å². The van der Waals surface area contributed by atoms with Crippen LogP contribution in [0.25, 0.3) is 0 Å². The summed E-state index contributed by atoms with van der Waals surface area (Å²) in [7, 11) is 0. The van der Waals surface area contributed by atoms with Crippen molar-refractivity contribution >= 4 is 17.5 Å². The highest BCUT2D eigenvalue weighted by molar-refractivity contribution is 6.39. The topological polar surface area (TPSA) is 71.1 Å². The predicted molar refractivity (Wildman–Crippen MR) is 71.1 cm³/mol. The smallest absolute Gasteiger partial charge is 0.313 e. The van der Waals surface area contributed by atoms with Gasteiger partial charge in [-0.05, 0) is 42.0 Å². The van der Waals surface area contributed by atoms with Gasteiger partial charge >= 0.3 is 11.8 Å². The summed E-state index contributed by atoms with van der Waals surface area (Å²) >= 11 is 0. The van der Waals surface area contributed by atoms with Crippen molar-refractivity contribution in [3.8, 4) is 0 Å². The van der Waals surface area contributed by atoms with E-state index >= 15 is 0 Å². The van der Waals surface area contributed by atoms with Gasteiger partial charge < -0.3 is 10.6 Å². The molecule has 102 valence electrons. The molecule has 2 aromatic rings. The first-order chi connectivity index (χ1) is 9.65. The number of pyridine rings is 1. The van der Waals surface area contributed by atoms with Crippen LogP contribution in [0.1, 0.15) is 5.56 Å². The monoisotopic (exact) mass is 273 g/mol. The fourth-order valence-corrected chi connectivity index (χ4v) is 1.48. The molecule has 0 bridgehead atoms. The number of hydrogen-bond donors (Lipinski definition) is 2. The average Bonchev–Trinajstić information content (AvgIpc) is 2.48. The molecule has 0 unspecified atom stereocenters. The van der Waals surface area contributed by atoms with E-state index in [1.165, 1.54) is 24.3 Å². The van der Waals surface area contributed by atoms with Crippen LogP contribution in [0.15, 0.2) is 48.8 Å². The molecule has 2 N–H and O–H groups in total. The average molecular weight is 273 g/mol. The molecular weight excluding hydrogens is 261 g/mol. The number of hydrogen-bond acceptors (Lipinski definition) is 3. The Bertz CT molecular complexity index is 600. The number of anilines is 1. The number of carbonyl (C=O) groups excluding carboxylic acids is 2. The Labute approximate surface area is 114 Å². The Hall–Kier alpha value is -2.76. The van der Waals surface area contributed by atoms with Gasteiger partial charge in [0.25, 0.3) is 0 Å². The fourth-order valence-electron chi connectivity index (χ4n) is 1.48. The maximum atomic E-state index is 12.7. The minimum atomic E-state index is -0.800. The molecule has 0 aliphatic rings. The van der Waals surface area contributed by atoms with Crippen LogP contribution in [0, 0.1) is 5.82 Å². The molecule has 2 amide bonds. The van der Waals surface area contributed by atoms with Crippen molar-refractivity contribution in [3.63, 3.8) is 0 Å². The third-order valence-electron chi connectivity index (χ3n) is 2.51. The summed E-state index contributed by atoms with van der Waals surface area (Å²) in [6.45, 7) is 0.234. The van der Waals surface area contributed by atoms with Gasteiger partial charge in [0.05, 0.1) is 0 Å². The van der Waals surface area contributed by atoms with E-state index in [1.807, 2.05) is 0 Å². The zero-order valence-electron chi connectivity index (χ0n) is 10.5. The van der Waals surface area contributed by atoms with E-state index in [0.29, 0.717) is 5.69 Å². The van der Waals surface area contributed by atoms with Gasteiger partial charge in [-0.3, -0.25) is 14.6 Å². The first kappa shape index (κ1) is 13.7. The van der Waals surface area contributed by atoms with Crippen LogP contribution in [-0.4, -0.2) is 16.8 Å². The van der Waals surface area contributed by atoms with Crippen LogP contribution in [0.3, 0.4) is 0 Å². The number of rotatable bonds is 3. The molecule has 20 heavy (non-hydrogen) atoms. The first-order valence-electron chi connectivity index (χ1n) is 5.89. The highest BCUT2D eigenvalue weighted by atomic mass is 19.1. The maximum absolute atomic E-state index is 12.7. The Kier molecular flexibility index (Phi) is 4.39. The number of carbonyl (C=O) groups is 2. The SMILES string of the molecule is O=C(NCc1ccncc1)C(=O)Nc1ccc(F)cc1. The molecule has 0 saturated carbocycles.